The average Bonchev–Trinajstić information content (AvgIpc) is 2.46. The van der Waals surface area contributed by atoms with E-state index in [1.165, 1.54) is 11.1 Å². The third-order valence-corrected chi connectivity index (χ3v) is 4.15. The molecule has 19 heavy (non-hydrogen) atoms. The maximum Gasteiger partial charge on any atom is 0.133 e. The number of methoxy groups -OCH3 is 1. The van der Waals surface area contributed by atoms with Crippen molar-refractivity contribution in [2.75, 3.05) is 7.11 Å². The lowest BCUT2D eigenvalue weighted by Crippen LogP contribution is -1.94. The predicted octanol–water partition coefficient (Wildman–Crippen LogP) is 5.37. The number of rotatable bonds is 5. The van der Waals surface area contributed by atoms with Gasteiger partial charge in [-0.15, -0.1) is 11.6 Å². The maximum atomic E-state index is 6.42. The highest BCUT2D eigenvalue weighted by atomic mass is 79.9. The third kappa shape index (κ3) is 3.99. The summed E-state index contributed by atoms with van der Waals surface area (Å²) in [5.74, 6) is 0.856. The van der Waals surface area contributed by atoms with Crippen molar-refractivity contribution >= 4 is 27.5 Å². The fourth-order valence-electron chi connectivity index (χ4n) is 1.99. The lowest BCUT2D eigenvalue weighted by Gasteiger charge is -2.10. The van der Waals surface area contributed by atoms with Gasteiger partial charge in [-0.05, 0) is 52.0 Å². The molecular formula is C16H16BrClO. The van der Waals surface area contributed by atoms with E-state index in [-0.39, 0.29) is 5.38 Å². The van der Waals surface area contributed by atoms with Crippen molar-refractivity contribution in [3.63, 3.8) is 0 Å². The minimum Gasteiger partial charge on any atom is -0.496 e. The van der Waals surface area contributed by atoms with Crippen LogP contribution in [0.2, 0.25) is 0 Å². The zero-order valence-corrected chi connectivity index (χ0v) is 13.1. The summed E-state index contributed by atoms with van der Waals surface area (Å²) >= 11 is 9.92. The second-order valence-electron chi connectivity index (χ2n) is 4.39. The molecule has 0 aliphatic rings. The molecule has 0 saturated heterocycles. The Balaban J connectivity index is 1.97. The Bertz CT molecular complexity index is 528. The molecule has 2 aromatic rings. The smallest absolute Gasteiger partial charge is 0.133 e. The van der Waals surface area contributed by atoms with Gasteiger partial charge in [-0.2, -0.15) is 0 Å². The standard InChI is InChI=1S/C16H16BrClO/c1-19-16-10-8-12(11-14(16)17)7-9-15(18)13-5-3-2-4-6-13/h2-6,8,10-11,15H,7,9H2,1H3. The first-order valence-electron chi connectivity index (χ1n) is 6.22. The fourth-order valence-corrected chi connectivity index (χ4v) is 2.83. The van der Waals surface area contributed by atoms with E-state index in [1.807, 2.05) is 24.3 Å². The van der Waals surface area contributed by atoms with Gasteiger partial charge in [0.15, 0.2) is 0 Å². The van der Waals surface area contributed by atoms with Gasteiger partial charge in [0.25, 0.3) is 0 Å². The molecule has 2 aromatic carbocycles. The Labute approximate surface area is 127 Å². The molecule has 0 N–H and O–H groups in total. The summed E-state index contributed by atoms with van der Waals surface area (Å²) in [7, 11) is 1.67. The molecule has 2 rings (SSSR count). The number of alkyl halides is 1. The zero-order valence-electron chi connectivity index (χ0n) is 10.8. The van der Waals surface area contributed by atoms with Crippen molar-refractivity contribution in [3.05, 3.63) is 64.1 Å². The molecule has 0 amide bonds. The van der Waals surface area contributed by atoms with E-state index in [9.17, 15) is 0 Å². The quantitative estimate of drug-likeness (QED) is 0.665. The number of aryl methyl sites for hydroxylation is 1. The van der Waals surface area contributed by atoms with Gasteiger partial charge in [-0.25, -0.2) is 0 Å². The summed E-state index contributed by atoms with van der Waals surface area (Å²) in [5.41, 5.74) is 2.44. The summed E-state index contributed by atoms with van der Waals surface area (Å²) in [5, 5.41) is 0.0575. The number of hydrogen-bond donors (Lipinski definition) is 0. The normalized spacial score (nSPS) is 12.2. The highest BCUT2D eigenvalue weighted by molar-refractivity contribution is 9.10. The summed E-state index contributed by atoms with van der Waals surface area (Å²) in [6.07, 6.45) is 1.87. The Morgan fingerprint density at radius 1 is 1.16 bits per heavy atom. The summed E-state index contributed by atoms with van der Waals surface area (Å²) in [6.45, 7) is 0. The molecule has 3 heteroatoms. The van der Waals surface area contributed by atoms with Crippen molar-refractivity contribution < 1.29 is 4.74 Å². The van der Waals surface area contributed by atoms with Crippen LogP contribution in [0, 0.1) is 0 Å². The van der Waals surface area contributed by atoms with Gasteiger partial charge in [-0.3, -0.25) is 0 Å². The van der Waals surface area contributed by atoms with E-state index in [0.29, 0.717) is 0 Å². The second kappa shape index (κ2) is 6.97. The van der Waals surface area contributed by atoms with E-state index in [4.69, 9.17) is 16.3 Å². The summed E-state index contributed by atoms with van der Waals surface area (Å²) in [4.78, 5) is 0. The average molecular weight is 340 g/mol. The fraction of sp³-hybridized carbons (Fsp3) is 0.250. The van der Waals surface area contributed by atoms with Gasteiger partial charge >= 0.3 is 0 Å². The third-order valence-electron chi connectivity index (χ3n) is 3.06. The topological polar surface area (TPSA) is 9.23 Å². The molecule has 0 aliphatic heterocycles. The molecule has 1 nitrogen and oxygen atoms in total. The number of halogens is 2. The Morgan fingerprint density at radius 3 is 2.53 bits per heavy atom. The molecule has 0 fully saturated rings. The van der Waals surface area contributed by atoms with Crippen LogP contribution in [0.3, 0.4) is 0 Å². The van der Waals surface area contributed by atoms with Gasteiger partial charge in [0.2, 0.25) is 0 Å². The maximum absolute atomic E-state index is 6.42. The summed E-state index contributed by atoms with van der Waals surface area (Å²) < 4.78 is 6.21. The van der Waals surface area contributed by atoms with Crippen molar-refractivity contribution in [3.8, 4) is 5.75 Å². The van der Waals surface area contributed by atoms with Crippen LogP contribution in [0.25, 0.3) is 0 Å². The van der Waals surface area contributed by atoms with Crippen LogP contribution in [-0.4, -0.2) is 7.11 Å². The first-order chi connectivity index (χ1) is 9.20. The molecule has 100 valence electrons. The number of hydrogen-bond acceptors (Lipinski definition) is 1. The largest absolute Gasteiger partial charge is 0.496 e. The van der Waals surface area contributed by atoms with Crippen LogP contribution >= 0.6 is 27.5 Å². The Hall–Kier alpha value is -0.990. The van der Waals surface area contributed by atoms with Crippen LogP contribution in [0.4, 0.5) is 0 Å². The monoisotopic (exact) mass is 338 g/mol. The van der Waals surface area contributed by atoms with E-state index in [2.05, 4.69) is 40.2 Å². The molecule has 0 radical (unpaired) electrons. The van der Waals surface area contributed by atoms with Crippen LogP contribution in [0.5, 0.6) is 5.75 Å². The van der Waals surface area contributed by atoms with Gasteiger partial charge in [0.05, 0.1) is 17.0 Å². The molecule has 0 spiro atoms. The van der Waals surface area contributed by atoms with Gasteiger partial charge in [0, 0.05) is 0 Å². The molecule has 1 atom stereocenters. The SMILES string of the molecule is COc1ccc(CCC(Cl)c2ccccc2)cc1Br. The zero-order chi connectivity index (χ0) is 13.7. The van der Waals surface area contributed by atoms with Crippen LogP contribution < -0.4 is 4.74 Å². The highest BCUT2D eigenvalue weighted by Gasteiger charge is 2.08. The first kappa shape index (κ1) is 14.4. The first-order valence-corrected chi connectivity index (χ1v) is 7.45. The minimum absolute atomic E-state index is 0.0575. The molecule has 0 saturated carbocycles. The van der Waals surface area contributed by atoms with Crippen molar-refractivity contribution in [2.24, 2.45) is 0 Å². The van der Waals surface area contributed by atoms with Crippen LogP contribution in [0.1, 0.15) is 22.9 Å². The lowest BCUT2D eigenvalue weighted by atomic mass is 10.0. The minimum atomic E-state index is 0.0575. The van der Waals surface area contributed by atoms with Gasteiger partial charge in [0.1, 0.15) is 5.75 Å². The highest BCUT2D eigenvalue weighted by Crippen LogP contribution is 2.29. The van der Waals surface area contributed by atoms with Crippen molar-refractivity contribution in [1.29, 1.82) is 0 Å². The van der Waals surface area contributed by atoms with Gasteiger partial charge in [-0.1, -0.05) is 36.4 Å². The summed E-state index contributed by atoms with van der Waals surface area (Å²) in [6, 6.07) is 16.3. The molecule has 0 aromatic heterocycles. The molecule has 0 bridgehead atoms. The Morgan fingerprint density at radius 2 is 1.89 bits per heavy atom. The van der Waals surface area contributed by atoms with E-state index in [0.717, 1.165) is 23.1 Å². The van der Waals surface area contributed by atoms with E-state index in [1.54, 1.807) is 7.11 Å². The van der Waals surface area contributed by atoms with E-state index < -0.39 is 0 Å². The second-order valence-corrected chi connectivity index (χ2v) is 5.77. The predicted molar refractivity (Wildman–Crippen MR) is 84.1 cm³/mol. The van der Waals surface area contributed by atoms with E-state index >= 15 is 0 Å². The number of benzene rings is 2. The van der Waals surface area contributed by atoms with Crippen LogP contribution in [-0.2, 0) is 6.42 Å². The lowest BCUT2D eigenvalue weighted by molar-refractivity contribution is 0.412. The van der Waals surface area contributed by atoms with Crippen LogP contribution in [0.15, 0.2) is 53.0 Å². The molecular weight excluding hydrogens is 324 g/mol. The van der Waals surface area contributed by atoms with Crippen molar-refractivity contribution in [2.45, 2.75) is 18.2 Å². The van der Waals surface area contributed by atoms with Gasteiger partial charge < -0.3 is 4.74 Å². The number of ether oxygens (including phenoxy) is 1. The Kier molecular flexibility index (Phi) is 5.29. The molecule has 0 heterocycles. The van der Waals surface area contributed by atoms with Crippen molar-refractivity contribution in [1.82, 2.24) is 0 Å². The molecule has 1 unspecified atom stereocenters. The molecule has 0 aliphatic carbocycles.